The number of aliphatic hydroxyl groups excluding tert-OH is 1. The number of nitrogens with one attached hydrogen (secondary N) is 1. The summed E-state index contributed by atoms with van der Waals surface area (Å²) in [6.45, 7) is 2.19. The quantitative estimate of drug-likeness (QED) is 0.850. The van der Waals surface area contributed by atoms with E-state index in [1.165, 1.54) is 0 Å². The van der Waals surface area contributed by atoms with Crippen LogP contribution in [0.15, 0.2) is 30.5 Å². The summed E-state index contributed by atoms with van der Waals surface area (Å²) in [5.74, 6) is 1.67. The van der Waals surface area contributed by atoms with Gasteiger partial charge in [-0.2, -0.15) is 0 Å². The maximum atomic E-state index is 8.93. The van der Waals surface area contributed by atoms with Gasteiger partial charge in [0.25, 0.3) is 0 Å². The lowest BCUT2D eigenvalue weighted by molar-refractivity contribution is 0.282. The van der Waals surface area contributed by atoms with Crippen molar-refractivity contribution in [3.63, 3.8) is 0 Å². The van der Waals surface area contributed by atoms with Crippen LogP contribution in [0.3, 0.4) is 0 Å². The molecule has 0 aliphatic heterocycles. The van der Waals surface area contributed by atoms with Gasteiger partial charge >= 0.3 is 0 Å². The molecule has 0 amide bonds. The third kappa shape index (κ3) is 2.54. The number of nitrogens with zero attached hydrogens (tertiary/aromatic N) is 1. The molecule has 1 atom stereocenters. The molecular formula is C14H18N2O2. The van der Waals surface area contributed by atoms with E-state index in [9.17, 15) is 0 Å². The first-order chi connectivity index (χ1) is 8.76. The van der Waals surface area contributed by atoms with Crippen LogP contribution >= 0.6 is 0 Å². The summed E-state index contributed by atoms with van der Waals surface area (Å²) in [5, 5.41) is 14.3. The van der Waals surface area contributed by atoms with Crippen molar-refractivity contribution in [3.05, 3.63) is 30.5 Å². The van der Waals surface area contributed by atoms with Gasteiger partial charge in [-0.3, -0.25) is 0 Å². The molecule has 0 bridgehead atoms. The van der Waals surface area contributed by atoms with Gasteiger partial charge in [-0.1, -0.05) is 12.1 Å². The molecule has 0 radical (unpaired) electrons. The van der Waals surface area contributed by atoms with Gasteiger partial charge in [0.2, 0.25) is 0 Å². The normalized spacial score (nSPS) is 12.4. The Hall–Kier alpha value is -1.81. The SMILES string of the molecule is COc1cccc2c(NC(C)CCO)nccc12. The van der Waals surface area contributed by atoms with Crippen molar-refractivity contribution in [2.24, 2.45) is 0 Å². The van der Waals surface area contributed by atoms with Crippen molar-refractivity contribution in [2.75, 3.05) is 19.0 Å². The topological polar surface area (TPSA) is 54.4 Å². The van der Waals surface area contributed by atoms with Crippen LogP contribution in [0.4, 0.5) is 5.82 Å². The number of hydrogen-bond donors (Lipinski definition) is 2. The molecule has 18 heavy (non-hydrogen) atoms. The number of pyridine rings is 1. The largest absolute Gasteiger partial charge is 0.496 e. The maximum absolute atomic E-state index is 8.93. The zero-order valence-corrected chi connectivity index (χ0v) is 10.7. The van der Waals surface area contributed by atoms with Crippen LogP contribution < -0.4 is 10.1 Å². The third-order valence-electron chi connectivity index (χ3n) is 2.93. The number of benzene rings is 1. The summed E-state index contributed by atoms with van der Waals surface area (Å²) >= 11 is 0. The zero-order chi connectivity index (χ0) is 13.0. The third-order valence-corrected chi connectivity index (χ3v) is 2.93. The minimum Gasteiger partial charge on any atom is -0.496 e. The fraction of sp³-hybridized carbons (Fsp3) is 0.357. The van der Waals surface area contributed by atoms with Gasteiger partial charge < -0.3 is 15.2 Å². The van der Waals surface area contributed by atoms with Crippen molar-refractivity contribution in [1.29, 1.82) is 0 Å². The van der Waals surface area contributed by atoms with Crippen molar-refractivity contribution in [3.8, 4) is 5.75 Å². The Bertz CT molecular complexity index is 528. The molecule has 1 aromatic heterocycles. The van der Waals surface area contributed by atoms with E-state index >= 15 is 0 Å². The Morgan fingerprint density at radius 2 is 2.17 bits per heavy atom. The molecule has 0 saturated heterocycles. The number of methoxy groups -OCH3 is 1. The molecule has 0 aliphatic carbocycles. The Balaban J connectivity index is 2.39. The van der Waals surface area contributed by atoms with E-state index in [-0.39, 0.29) is 12.6 Å². The van der Waals surface area contributed by atoms with Gasteiger partial charge in [0.15, 0.2) is 0 Å². The van der Waals surface area contributed by atoms with E-state index < -0.39 is 0 Å². The molecular weight excluding hydrogens is 228 g/mol. The lowest BCUT2D eigenvalue weighted by Crippen LogP contribution is -2.17. The molecule has 96 valence electrons. The van der Waals surface area contributed by atoms with E-state index in [2.05, 4.69) is 10.3 Å². The first-order valence-electron chi connectivity index (χ1n) is 6.05. The number of ether oxygens (including phenoxy) is 1. The summed E-state index contributed by atoms with van der Waals surface area (Å²) in [7, 11) is 1.66. The van der Waals surface area contributed by atoms with Gasteiger partial charge in [-0.15, -0.1) is 0 Å². The second kappa shape index (κ2) is 5.69. The number of rotatable bonds is 5. The highest BCUT2D eigenvalue weighted by molar-refractivity contribution is 5.95. The predicted octanol–water partition coefficient (Wildman–Crippen LogP) is 2.43. The highest BCUT2D eigenvalue weighted by Gasteiger charge is 2.08. The molecule has 0 fully saturated rings. The summed E-state index contributed by atoms with van der Waals surface area (Å²) in [4.78, 5) is 4.36. The van der Waals surface area contributed by atoms with Crippen LogP contribution in [0.2, 0.25) is 0 Å². The van der Waals surface area contributed by atoms with Gasteiger partial charge in [0.05, 0.1) is 7.11 Å². The molecule has 0 saturated carbocycles. The standard InChI is InChI=1S/C14H18N2O2/c1-10(7-9-17)16-14-12-4-3-5-13(18-2)11(12)6-8-15-14/h3-6,8,10,17H,7,9H2,1-2H3,(H,15,16). The average Bonchev–Trinajstić information content (AvgIpc) is 2.38. The van der Waals surface area contributed by atoms with Crippen LogP contribution in [0.25, 0.3) is 10.8 Å². The number of anilines is 1. The molecule has 1 unspecified atom stereocenters. The first-order valence-corrected chi connectivity index (χ1v) is 6.05. The predicted molar refractivity (Wildman–Crippen MR) is 73.1 cm³/mol. The summed E-state index contributed by atoms with van der Waals surface area (Å²) in [6, 6.07) is 8.02. The summed E-state index contributed by atoms with van der Waals surface area (Å²) in [6.07, 6.45) is 2.46. The molecule has 4 nitrogen and oxygen atoms in total. The average molecular weight is 246 g/mol. The van der Waals surface area contributed by atoms with Crippen LogP contribution in [-0.4, -0.2) is 29.8 Å². The van der Waals surface area contributed by atoms with Crippen molar-refractivity contribution in [2.45, 2.75) is 19.4 Å². The fourth-order valence-corrected chi connectivity index (χ4v) is 1.97. The van der Waals surface area contributed by atoms with Gasteiger partial charge in [0.1, 0.15) is 11.6 Å². The van der Waals surface area contributed by atoms with Gasteiger partial charge in [0, 0.05) is 29.6 Å². The molecule has 2 N–H and O–H groups in total. The minimum absolute atomic E-state index is 0.169. The second-order valence-corrected chi connectivity index (χ2v) is 4.27. The zero-order valence-electron chi connectivity index (χ0n) is 10.7. The minimum atomic E-state index is 0.169. The molecule has 2 aromatic rings. The lowest BCUT2D eigenvalue weighted by Gasteiger charge is -2.15. The van der Waals surface area contributed by atoms with E-state index in [0.717, 1.165) is 22.3 Å². The van der Waals surface area contributed by atoms with Crippen LogP contribution in [0.1, 0.15) is 13.3 Å². The Kier molecular flexibility index (Phi) is 3.99. The highest BCUT2D eigenvalue weighted by atomic mass is 16.5. The Morgan fingerprint density at radius 3 is 2.89 bits per heavy atom. The van der Waals surface area contributed by atoms with E-state index in [1.807, 2.05) is 31.2 Å². The number of fused-ring (bicyclic) bond motifs is 1. The molecule has 0 aliphatic rings. The molecule has 1 aromatic carbocycles. The molecule has 4 heteroatoms. The smallest absolute Gasteiger partial charge is 0.134 e. The molecule has 0 spiro atoms. The molecule has 1 heterocycles. The summed E-state index contributed by atoms with van der Waals surface area (Å²) in [5.41, 5.74) is 0. The van der Waals surface area contributed by atoms with Crippen LogP contribution in [0.5, 0.6) is 5.75 Å². The van der Waals surface area contributed by atoms with Crippen molar-refractivity contribution in [1.82, 2.24) is 4.98 Å². The van der Waals surface area contributed by atoms with Gasteiger partial charge in [-0.25, -0.2) is 4.98 Å². The van der Waals surface area contributed by atoms with Gasteiger partial charge in [-0.05, 0) is 25.5 Å². The summed E-state index contributed by atoms with van der Waals surface area (Å²) < 4.78 is 5.34. The number of hydrogen-bond acceptors (Lipinski definition) is 4. The van der Waals surface area contributed by atoms with E-state index in [4.69, 9.17) is 9.84 Å². The maximum Gasteiger partial charge on any atom is 0.134 e. The second-order valence-electron chi connectivity index (χ2n) is 4.27. The lowest BCUT2D eigenvalue weighted by atomic mass is 10.1. The Labute approximate surface area is 107 Å². The van der Waals surface area contributed by atoms with E-state index in [1.54, 1.807) is 13.3 Å². The highest BCUT2D eigenvalue weighted by Crippen LogP contribution is 2.29. The van der Waals surface area contributed by atoms with Crippen molar-refractivity contribution < 1.29 is 9.84 Å². The first kappa shape index (κ1) is 12.6. The van der Waals surface area contributed by atoms with Crippen molar-refractivity contribution >= 4 is 16.6 Å². The van der Waals surface area contributed by atoms with Crippen LogP contribution in [0, 0.1) is 0 Å². The van der Waals surface area contributed by atoms with E-state index in [0.29, 0.717) is 6.42 Å². The fourth-order valence-electron chi connectivity index (χ4n) is 1.97. The van der Waals surface area contributed by atoms with Crippen LogP contribution in [-0.2, 0) is 0 Å². The molecule has 2 rings (SSSR count). The Morgan fingerprint density at radius 1 is 1.33 bits per heavy atom. The number of aromatic nitrogens is 1. The monoisotopic (exact) mass is 246 g/mol. The number of aliphatic hydroxyl groups is 1.